The van der Waals surface area contributed by atoms with Gasteiger partial charge in [-0.2, -0.15) is 0 Å². The number of rotatable bonds is 5. The van der Waals surface area contributed by atoms with Crippen LogP contribution in [-0.2, 0) is 16.1 Å². The molecule has 1 aromatic carbocycles. The fourth-order valence-corrected chi connectivity index (χ4v) is 1.13. The summed E-state index contributed by atoms with van der Waals surface area (Å²) in [6.07, 6.45) is 0. The summed E-state index contributed by atoms with van der Waals surface area (Å²) in [6, 6.07) is 5.48. The molecule has 2 N–H and O–H groups in total. The van der Waals surface area contributed by atoms with Crippen molar-refractivity contribution in [1.29, 1.82) is 0 Å². The molecule has 0 aliphatic carbocycles. The van der Waals surface area contributed by atoms with Crippen LogP contribution in [-0.4, -0.2) is 20.3 Å². The molecule has 0 heterocycles. The van der Waals surface area contributed by atoms with E-state index in [2.05, 4.69) is 0 Å². The topological polar surface area (TPSA) is 44.5 Å². The van der Waals surface area contributed by atoms with Crippen molar-refractivity contribution < 1.29 is 9.47 Å². The third-order valence-corrected chi connectivity index (χ3v) is 2.11. The maximum absolute atomic E-state index is 5.78. The minimum Gasteiger partial charge on any atom is -0.398 e. The van der Waals surface area contributed by atoms with Crippen LogP contribution in [0.25, 0.3) is 0 Å². The molecule has 0 bridgehead atoms. The van der Waals surface area contributed by atoms with Crippen molar-refractivity contribution in [3.8, 4) is 0 Å². The Morgan fingerprint density at radius 1 is 1.36 bits per heavy atom. The van der Waals surface area contributed by atoms with Crippen LogP contribution in [0.3, 0.4) is 0 Å². The average molecular weight is 216 g/mol. The van der Waals surface area contributed by atoms with E-state index in [-0.39, 0.29) is 0 Å². The Balaban J connectivity index is 2.39. The molecule has 0 atom stereocenters. The summed E-state index contributed by atoms with van der Waals surface area (Å²) in [6.45, 7) is 1.72. The monoisotopic (exact) mass is 215 g/mol. The van der Waals surface area contributed by atoms with Gasteiger partial charge in [0.05, 0.1) is 30.5 Å². The summed E-state index contributed by atoms with van der Waals surface area (Å²) in [5.74, 6) is 0. The lowest BCUT2D eigenvalue weighted by molar-refractivity contribution is 0.0617. The number of nitrogen functional groups attached to an aromatic ring is 1. The molecular formula is C10H14ClNO2. The van der Waals surface area contributed by atoms with Crippen molar-refractivity contribution in [3.63, 3.8) is 0 Å². The first-order valence-electron chi connectivity index (χ1n) is 4.34. The van der Waals surface area contributed by atoms with E-state index >= 15 is 0 Å². The van der Waals surface area contributed by atoms with Crippen LogP contribution in [0, 0.1) is 0 Å². The van der Waals surface area contributed by atoms with Crippen molar-refractivity contribution in [2.45, 2.75) is 6.61 Å². The van der Waals surface area contributed by atoms with Gasteiger partial charge in [-0.1, -0.05) is 17.7 Å². The lowest BCUT2D eigenvalue weighted by Crippen LogP contribution is -2.02. The fourth-order valence-electron chi connectivity index (χ4n) is 1.02. The third-order valence-electron chi connectivity index (χ3n) is 1.76. The Morgan fingerprint density at radius 2 is 2.14 bits per heavy atom. The molecule has 4 heteroatoms. The number of ether oxygens (including phenoxy) is 2. The Kier molecular flexibility index (Phi) is 4.73. The van der Waals surface area contributed by atoms with E-state index in [1.54, 1.807) is 13.2 Å². The first-order valence-corrected chi connectivity index (χ1v) is 4.72. The van der Waals surface area contributed by atoms with Gasteiger partial charge in [0.25, 0.3) is 0 Å². The lowest BCUT2D eigenvalue weighted by atomic mass is 10.2. The molecular weight excluding hydrogens is 202 g/mol. The van der Waals surface area contributed by atoms with Gasteiger partial charge in [-0.25, -0.2) is 0 Å². The van der Waals surface area contributed by atoms with E-state index in [1.165, 1.54) is 0 Å². The highest BCUT2D eigenvalue weighted by Crippen LogP contribution is 2.19. The van der Waals surface area contributed by atoms with E-state index in [0.29, 0.717) is 30.5 Å². The molecule has 0 aromatic heterocycles. The molecule has 1 rings (SSSR count). The highest BCUT2D eigenvalue weighted by atomic mass is 35.5. The second-order valence-corrected chi connectivity index (χ2v) is 3.31. The van der Waals surface area contributed by atoms with Crippen molar-refractivity contribution in [2.75, 3.05) is 26.1 Å². The first-order chi connectivity index (χ1) is 6.74. The Labute approximate surface area is 88.8 Å². The van der Waals surface area contributed by atoms with Crippen molar-refractivity contribution in [3.05, 3.63) is 28.8 Å². The van der Waals surface area contributed by atoms with Crippen molar-refractivity contribution in [1.82, 2.24) is 0 Å². The van der Waals surface area contributed by atoms with Gasteiger partial charge in [-0.05, 0) is 17.7 Å². The minimum atomic E-state index is 0.532. The SMILES string of the molecule is COCCOCc1ccc(Cl)c(N)c1. The molecule has 0 amide bonds. The summed E-state index contributed by atoms with van der Waals surface area (Å²) in [4.78, 5) is 0. The molecule has 0 aliphatic rings. The van der Waals surface area contributed by atoms with E-state index < -0.39 is 0 Å². The molecule has 0 unspecified atom stereocenters. The fraction of sp³-hybridized carbons (Fsp3) is 0.400. The Hall–Kier alpha value is -0.770. The number of hydrogen-bond donors (Lipinski definition) is 1. The molecule has 0 saturated carbocycles. The number of anilines is 1. The number of benzene rings is 1. The molecule has 0 saturated heterocycles. The largest absolute Gasteiger partial charge is 0.398 e. The molecule has 14 heavy (non-hydrogen) atoms. The molecule has 0 radical (unpaired) electrons. The first kappa shape index (κ1) is 11.3. The van der Waals surface area contributed by atoms with Crippen molar-refractivity contribution >= 4 is 17.3 Å². The zero-order chi connectivity index (χ0) is 10.4. The molecule has 78 valence electrons. The predicted octanol–water partition coefficient (Wildman–Crippen LogP) is 2.09. The standard InChI is InChI=1S/C10H14ClNO2/c1-13-4-5-14-7-8-2-3-9(11)10(12)6-8/h2-3,6H,4-5,7,12H2,1H3. The van der Waals surface area contributed by atoms with Gasteiger partial charge in [-0.15, -0.1) is 0 Å². The van der Waals surface area contributed by atoms with Gasteiger partial charge < -0.3 is 15.2 Å². The zero-order valence-electron chi connectivity index (χ0n) is 8.13. The molecule has 0 aliphatic heterocycles. The van der Waals surface area contributed by atoms with Crippen LogP contribution in [0.4, 0.5) is 5.69 Å². The Bertz CT molecular complexity index is 291. The number of methoxy groups -OCH3 is 1. The number of nitrogens with two attached hydrogens (primary N) is 1. The van der Waals surface area contributed by atoms with Gasteiger partial charge in [0.1, 0.15) is 0 Å². The highest BCUT2D eigenvalue weighted by molar-refractivity contribution is 6.33. The summed E-state index contributed by atoms with van der Waals surface area (Å²) in [5.41, 5.74) is 7.24. The van der Waals surface area contributed by atoms with Crippen LogP contribution < -0.4 is 5.73 Å². The summed E-state index contributed by atoms with van der Waals surface area (Å²) >= 11 is 5.78. The van der Waals surface area contributed by atoms with E-state index in [4.69, 9.17) is 26.8 Å². The Morgan fingerprint density at radius 3 is 2.79 bits per heavy atom. The average Bonchev–Trinajstić information content (AvgIpc) is 2.18. The zero-order valence-corrected chi connectivity index (χ0v) is 8.88. The summed E-state index contributed by atoms with van der Waals surface area (Å²) < 4.78 is 10.2. The maximum atomic E-state index is 5.78. The van der Waals surface area contributed by atoms with Crippen LogP contribution in [0.5, 0.6) is 0 Å². The minimum absolute atomic E-state index is 0.532. The normalized spacial score (nSPS) is 10.4. The number of hydrogen-bond acceptors (Lipinski definition) is 3. The highest BCUT2D eigenvalue weighted by Gasteiger charge is 1.98. The van der Waals surface area contributed by atoms with E-state index in [1.807, 2.05) is 12.1 Å². The molecule has 1 aromatic rings. The van der Waals surface area contributed by atoms with Crippen LogP contribution in [0.2, 0.25) is 5.02 Å². The van der Waals surface area contributed by atoms with E-state index in [0.717, 1.165) is 5.56 Å². The van der Waals surface area contributed by atoms with Gasteiger partial charge in [0.2, 0.25) is 0 Å². The summed E-state index contributed by atoms with van der Waals surface area (Å²) in [5, 5.41) is 0.575. The summed E-state index contributed by atoms with van der Waals surface area (Å²) in [7, 11) is 1.64. The lowest BCUT2D eigenvalue weighted by Gasteiger charge is -2.05. The van der Waals surface area contributed by atoms with Crippen LogP contribution >= 0.6 is 11.6 Å². The second kappa shape index (κ2) is 5.86. The van der Waals surface area contributed by atoms with Crippen LogP contribution in [0.15, 0.2) is 18.2 Å². The second-order valence-electron chi connectivity index (χ2n) is 2.90. The third kappa shape index (κ3) is 3.54. The molecule has 3 nitrogen and oxygen atoms in total. The smallest absolute Gasteiger partial charge is 0.0718 e. The van der Waals surface area contributed by atoms with Crippen LogP contribution in [0.1, 0.15) is 5.56 Å². The van der Waals surface area contributed by atoms with Gasteiger partial charge in [0.15, 0.2) is 0 Å². The number of halogens is 1. The quantitative estimate of drug-likeness (QED) is 0.604. The molecule has 0 fully saturated rings. The van der Waals surface area contributed by atoms with Gasteiger partial charge in [-0.3, -0.25) is 0 Å². The van der Waals surface area contributed by atoms with Crippen molar-refractivity contribution in [2.24, 2.45) is 0 Å². The predicted molar refractivity (Wildman–Crippen MR) is 57.4 cm³/mol. The van der Waals surface area contributed by atoms with E-state index in [9.17, 15) is 0 Å². The molecule has 0 spiro atoms. The maximum Gasteiger partial charge on any atom is 0.0718 e. The van der Waals surface area contributed by atoms with Gasteiger partial charge in [0, 0.05) is 7.11 Å². The van der Waals surface area contributed by atoms with Gasteiger partial charge >= 0.3 is 0 Å².